The Balaban J connectivity index is 2.57. The summed E-state index contributed by atoms with van der Waals surface area (Å²) in [5.74, 6) is 0. The van der Waals surface area contributed by atoms with Crippen molar-refractivity contribution in [2.24, 2.45) is 0 Å². The van der Waals surface area contributed by atoms with E-state index in [1.807, 2.05) is 6.08 Å². The topological polar surface area (TPSA) is 3.24 Å². The number of rotatable bonds is 5. The lowest BCUT2D eigenvalue weighted by Crippen LogP contribution is -2.22. The molecule has 0 amide bonds. The molecule has 0 aliphatic heterocycles. The van der Waals surface area contributed by atoms with E-state index in [2.05, 4.69) is 49.6 Å². The van der Waals surface area contributed by atoms with Crippen molar-refractivity contribution < 1.29 is 0 Å². The van der Waals surface area contributed by atoms with Crippen molar-refractivity contribution in [1.82, 2.24) is 4.90 Å². The first-order valence-corrected chi connectivity index (χ1v) is 5.15. The number of nitrogens with zero attached hydrogens (tertiary/aromatic N) is 1. The van der Waals surface area contributed by atoms with Gasteiger partial charge in [-0.2, -0.15) is 0 Å². The first kappa shape index (κ1) is 11.0. The quantitative estimate of drug-likeness (QED) is 0.644. The van der Waals surface area contributed by atoms with Gasteiger partial charge in [0.2, 0.25) is 0 Å². The highest BCUT2D eigenvalue weighted by Crippen LogP contribution is 2.06. The van der Waals surface area contributed by atoms with Gasteiger partial charge in [0, 0.05) is 13.1 Å². The molecular formula is C13H19N. The molecule has 1 aromatic rings. The molecule has 0 saturated carbocycles. The third kappa shape index (κ3) is 3.35. The number of benzene rings is 1. The van der Waals surface area contributed by atoms with Gasteiger partial charge in [-0.1, -0.05) is 42.8 Å². The van der Waals surface area contributed by atoms with Crippen LogP contribution in [0.25, 0.3) is 0 Å². The third-order valence-corrected chi connectivity index (χ3v) is 2.36. The molecule has 0 heterocycles. The van der Waals surface area contributed by atoms with Crippen LogP contribution in [0.2, 0.25) is 0 Å². The summed E-state index contributed by atoms with van der Waals surface area (Å²) in [6.45, 7) is 11.1. The van der Waals surface area contributed by atoms with Gasteiger partial charge in [0.1, 0.15) is 0 Å². The molecule has 14 heavy (non-hydrogen) atoms. The summed E-state index contributed by atoms with van der Waals surface area (Å²) in [5, 5.41) is 0. The van der Waals surface area contributed by atoms with E-state index in [4.69, 9.17) is 0 Å². The van der Waals surface area contributed by atoms with Crippen molar-refractivity contribution in [3.05, 3.63) is 48.0 Å². The van der Waals surface area contributed by atoms with Gasteiger partial charge in [-0.3, -0.25) is 4.90 Å². The summed E-state index contributed by atoms with van der Waals surface area (Å²) in [4.78, 5) is 2.36. The molecule has 0 unspecified atom stereocenters. The number of aryl methyl sites for hydroxylation is 1. The summed E-state index contributed by atoms with van der Waals surface area (Å²) >= 11 is 0. The first-order chi connectivity index (χ1) is 6.76. The minimum Gasteiger partial charge on any atom is -0.296 e. The van der Waals surface area contributed by atoms with Crippen LogP contribution >= 0.6 is 0 Å². The lowest BCUT2D eigenvalue weighted by atomic mass is 10.1. The summed E-state index contributed by atoms with van der Waals surface area (Å²) in [5.41, 5.74) is 2.69. The van der Waals surface area contributed by atoms with Crippen LogP contribution in [0.1, 0.15) is 18.1 Å². The largest absolute Gasteiger partial charge is 0.296 e. The number of likely N-dealkylation sites (N-methyl/N-ethyl adjacent to an activating group) is 1. The van der Waals surface area contributed by atoms with Crippen LogP contribution in [0.4, 0.5) is 0 Å². The highest BCUT2D eigenvalue weighted by Gasteiger charge is 2.00. The van der Waals surface area contributed by atoms with Crippen molar-refractivity contribution in [3.8, 4) is 0 Å². The van der Waals surface area contributed by atoms with Crippen LogP contribution in [0.5, 0.6) is 0 Å². The van der Waals surface area contributed by atoms with Gasteiger partial charge in [0.05, 0.1) is 0 Å². The molecule has 0 atom stereocenters. The van der Waals surface area contributed by atoms with Gasteiger partial charge in [-0.05, 0) is 19.0 Å². The van der Waals surface area contributed by atoms with E-state index in [0.717, 1.165) is 19.6 Å². The van der Waals surface area contributed by atoms with Crippen LogP contribution in [0, 0.1) is 6.92 Å². The molecule has 0 spiro atoms. The van der Waals surface area contributed by atoms with E-state index in [9.17, 15) is 0 Å². The molecule has 1 heteroatoms. The SMILES string of the molecule is C=CCN(CC)Cc1ccc(C)cc1. The molecule has 1 nitrogen and oxygen atoms in total. The Hall–Kier alpha value is -1.08. The maximum absolute atomic E-state index is 3.76. The molecule has 0 N–H and O–H groups in total. The van der Waals surface area contributed by atoms with Crippen molar-refractivity contribution in [3.63, 3.8) is 0 Å². The average Bonchev–Trinajstić information content (AvgIpc) is 2.20. The normalized spacial score (nSPS) is 10.5. The predicted molar refractivity (Wildman–Crippen MR) is 62.3 cm³/mol. The zero-order valence-electron chi connectivity index (χ0n) is 9.16. The van der Waals surface area contributed by atoms with Crippen LogP contribution in [-0.2, 0) is 6.54 Å². The molecule has 76 valence electrons. The predicted octanol–water partition coefficient (Wildman–Crippen LogP) is 3.00. The average molecular weight is 189 g/mol. The Morgan fingerprint density at radius 1 is 1.29 bits per heavy atom. The van der Waals surface area contributed by atoms with Crippen LogP contribution in [0.15, 0.2) is 36.9 Å². The lowest BCUT2D eigenvalue weighted by molar-refractivity contribution is 0.311. The van der Waals surface area contributed by atoms with Crippen LogP contribution in [-0.4, -0.2) is 18.0 Å². The monoisotopic (exact) mass is 189 g/mol. The fourth-order valence-electron chi connectivity index (χ4n) is 1.44. The van der Waals surface area contributed by atoms with Gasteiger partial charge < -0.3 is 0 Å². The lowest BCUT2D eigenvalue weighted by Gasteiger charge is -2.18. The first-order valence-electron chi connectivity index (χ1n) is 5.15. The molecule has 0 saturated heterocycles. The maximum Gasteiger partial charge on any atom is 0.0236 e. The molecule has 0 fully saturated rings. The zero-order chi connectivity index (χ0) is 10.4. The molecule has 1 rings (SSSR count). The minimum absolute atomic E-state index is 0.963. The molecule has 0 radical (unpaired) electrons. The molecule has 0 bridgehead atoms. The van der Waals surface area contributed by atoms with Crippen molar-refractivity contribution >= 4 is 0 Å². The Morgan fingerprint density at radius 2 is 1.93 bits per heavy atom. The maximum atomic E-state index is 3.76. The van der Waals surface area contributed by atoms with Gasteiger partial charge in [-0.15, -0.1) is 6.58 Å². The van der Waals surface area contributed by atoms with Gasteiger partial charge in [0.25, 0.3) is 0 Å². The van der Waals surface area contributed by atoms with E-state index < -0.39 is 0 Å². The summed E-state index contributed by atoms with van der Waals surface area (Å²) in [6, 6.07) is 8.72. The van der Waals surface area contributed by atoms with E-state index in [0.29, 0.717) is 0 Å². The fourth-order valence-corrected chi connectivity index (χ4v) is 1.44. The second-order valence-electron chi connectivity index (χ2n) is 3.60. The molecule has 0 aliphatic carbocycles. The molecule has 0 aliphatic rings. The van der Waals surface area contributed by atoms with Crippen LogP contribution in [0.3, 0.4) is 0 Å². The fraction of sp³-hybridized carbons (Fsp3) is 0.385. The standard InChI is InChI=1S/C13H19N/c1-4-10-14(5-2)11-13-8-6-12(3)7-9-13/h4,6-9H,1,5,10-11H2,2-3H3. The van der Waals surface area contributed by atoms with E-state index in [-0.39, 0.29) is 0 Å². The molecule has 1 aromatic carbocycles. The minimum atomic E-state index is 0.963. The zero-order valence-corrected chi connectivity index (χ0v) is 9.16. The molecular weight excluding hydrogens is 170 g/mol. The highest BCUT2D eigenvalue weighted by atomic mass is 15.1. The van der Waals surface area contributed by atoms with Gasteiger partial charge in [-0.25, -0.2) is 0 Å². The summed E-state index contributed by atoms with van der Waals surface area (Å²) in [7, 11) is 0. The van der Waals surface area contributed by atoms with Gasteiger partial charge in [0.15, 0.2) is 0 Å². The van der Waals surface area contributed by atoms with Crippen molar-refractivity contribution in [2.45, 2.75) is 20.4 Å². The Kier molecular flexibility index (Phi) is 4.41. The van der Waals surface area contributed by atoms with Crippen molar-refractivity contribution in [2.75, 3.05) is 13.1 Å². The summed E-state index contributed by atoms with van der Waals surface area (Å²) in [6.07, 6.45) is 1.96. The van der Waals surface area contributed by atoms with E-state index in [1.54, 1.807) is 0 Å². The smallest absolute Gasteiger partial charge is 0.0236 e. The van der Waals surface area contributed by atoms with Crippen molar-refractivity contribution in [1.29, 1.82) is 0 Å². The Morgan fingerprint density at radius 3 is 2.43 bits per heavy atom. The second kappa shape index (κ2) is 5.61. The van der Waals surface area contributed by atoms with Gasteiger partial charge >= 0.3 is 0 Å². The molecule has 0 aromatic heterocycles. The number of hydrogen-bond acceptors (Lipinski definition) is 1. The highest BCUT2D eigenvalue weighted by molar-refractivity contribution is 5.21. The second-order valence-corrected chi connectivity index (χ2v) is 3.60. The Bertz CT molecular complexity index is 274. The van der Waals surface area contributed by atoms with Crippen LogP contribution < -0.4 is 0 Å². The summed E-state index contributed by atoms with van der Waals surface area (Å²) < 4.78 is 0. The Labute approximate surface area is 87.1 Å². The number of hydrogen-bond donors (Lipinski definition) is 0. The third-order valence-electron chi connectivity index (χ3n) is 2.36. The van der Waals surface area contributed by atoms with E-state index in [1.165, 1.54) is 11.1 Å². The van der Waals surface area contributed by atoms with E-state index >= 15 is 0 Å².